The molecule has 23 heavy (non-hydrogen) atoms. The van der Waals surface area contributed by atoms with Gasteiger partial charge in [-0.15, -0.1) is 0 Å². The van der Waals surface area contributed by atoms with Gasteiger partial charge in [0.1, 0.15) is 11.5 Å². The zero-order valence-electron chi connectivity index (χ0n) is 12.6. The molecule has 0 unspecified atom stereocenters. The van der Waals surface area contributed by atoms with E-state index in [-0.39, 0.29) is 0 Å². The molecule has 0 heterocycles. The van der Waals surface area contributed by atoms with Crippen LogP contribution in [0.25, 0.3) is 0 Å². The predicted molar refractivity (Wildman–Crippen MR) is 79.7 cm³/mol. The van der Waals surface area contributed by atoms with E-state index in [0.29, 0.717) is 0 Å². The Morgan fingerprint density at radius 3 is 1.22 bits per heavy atom. The van der Waals surface area contributed by atoms with Crippen molar-refractivity contribution in [2.24, 2.45) is 0 Å². The molecule has 0 spiro atoms. The largest absolute Gasteiger partial charge is 0.497 e. The molecule has 4 nitrogen and oxygen atoms in total. The summed E-state index contributed by atoms with van der Waals surface area (Å²) in [7, 11) is 3.32. The van der Waals surface area contributed by atoms with Gasteiger partial charge in [-0.05, 0) is 24.3 Å². The van der Waals surface area contributed by atoms with Crippen molar-refractivity contribution in [3.63, 3.8) is 0 Å². The van der Waals surface area contributed by atoms with Crippen LogP contribution in [0.5, 0.6) is 11.5 Å². The second kappa shape index (κ2) is 10.9. The lowest BCUT2D eigenvalue weighted by Crippen LogP contribution is -2.21. The number of hydrogen-bond acceptors (Lipinski definition) is 3. The fraction of sp³-hybridized carbons (Fsp3) is 0.188. The van der Waals surface area contributed by atoms with Crippen molar-refractivity contribution in [2.45, 2.75) is 6.18 Å². The van der Waals surface area contributed by atoms with E-state index in [1.165, 1.54) is 0 Å². The van der Waals surface area contributed by atoms with Crippen LogP contribution in [-0.4, -0.2) is 31.5 Å². The second-order valence-corrected chi connectivity index (χ2v) is 3.84. The van der Waals surface area contributed by atoms with E-state index >= 15 is 0 Å². The fourth-order valence-corrected chi connectivity index (χ4v) is 1.11. The second-order valence-electron chi connectivity index (χ2n) is 3.84. The fourth-order valence-electron chi connectivity index (χ4n) is 1.11. The van der Waals surface area contributed by atoms with Gasteiger partial charge < -0.3 is 14.6 Å². The SMILES string of the molecule is COc1ccccc1.COc1ccccc1.O=C(O)C(F)(F)F. The van der Waals surface area contributed by atoms with Crippen molar-refractivity contribution in [3.8, 4) is 11.5 Å². The summed E-state index contributed by atoms with van der Waals surface area (Å²) < 4.78 is 41.6. The van der Waals surface area contributed by atoms with Gasteiger partial charge in [0.05, 0.1) is 14.2 Å². The molecule has 2 aromatic rings. The summed E-state index contributed by atoms with van der Waals surface area (Å²) in [6.45, 7) is 0. The number of ether oxygens (including phenoxy) is 2. The van der Waals surface area contributed by atoms with Gasteiger partial charge >= 0.3 is 12.1 Å². The van der Waals surface area contributed by atoms with Crippen LogP contribution in [0.3, 0.4) is 0 Å². The molecule has 1 N–H and O–H groups in total. The van der Waals surface area contributed by atoms with Gasteiger partial charge in [0, 0.05) is 0 Å². The molecule has 7 heteroatoms. The molecule has 0 saturated carbocycles. The highest BCUT2D eigenvalue weighted by Crippen LogP contribution is 2.13. The molecule has 0 amide bonds. The lowest BCUT2D eigenvalue weighted by molar-refractivity contribution is -0.192. The van der Waals surface area contributed by atoms with Crippen LogP contribution in [-0.2, 0) is 4.79 Å². The average Bonchev–Trinajstić information content (AvgIpc) is 2.56. The van der Waals surface area contributed by atoms with E-state index in [1.807, 2.05) is 60.7 Å². The molecule has 0 atom stereocenters. The number of benzene rings is 2. The van der Waals surface area contributed by atoms with Crippen molar-refractivity contribution >= 4 is 5.97 Å². The number of carbonyl (C=O) groups is 1. The average molecular weight is 330 g/mol. The van der Waals surface area contributed by atoms with Crippen LogP contribution in [0.4, 0.5) is 13.2 Å². The van der Waals surface area contributed by atoms with Crippen molar-refractivity contribution in [3.05, 3.63) is 60.7 Å². The number of halogens is 3. The Morgan fingerprint density at radius 1 is 0.826 bits per heavy atom. The first-order valence-corrected chi connectivity index (χ1v) is 6.29. The molecule has 126 valence electrons. The number of rotatable bonds is 2. The Balaban J connectivity index is 0.000000317. The monoisotopic (exact) mass is 330 g/mol. The van der Waals surface area contributed by atoms with Gasteiger partial charge in [0.25, 0.3) is 0 Å². The summed E-state index contributed by atoms with van der Waals surface area (Å²) in [4.78, 5) is 8.90. The highest BCUT2D eigenvalue weighted by atomic mass is 19.4. The molecule has 2 rings (SSSR count). The van der Waals surface area contributed by atoms with Crippen LogP contribution >= 0.6 is 0 Å². The minimum absolute atomic E-state index is 0.910. The Bertz CT molecular complexity index is 503. The summed E-state index contributed by atoms with van der Waals surface area (Å²) in [5, 5.41) is 7.12. The Kier molecular flexibility index (Phi) is 9.66. The van der Waals surface area contributed by atoms with Gasteiger partial charge in [-0.3, -0.25) is 0 Å². The highest BCUT2D eigenvalue weighted by molar-refractivity contribution is 5.73. The minimum Gasteiger partial charge on any atom is -0.497 e. The van der Waals surface area contributed by atoms with Crippen LogP contribution in [0.2, 0.25) is 0 Å². The third kappa shape index (κ3) is 10.6. The lowest BCUT2D eigenvalue weighted by atomic mass is 10.3. The molecule has 2 aromatic carbocycles. The summed E-state index contributed by atoms with van der Waals surface area (Å²) in [6.07, 6.45) is -5.08. The predicted octanol–water partition coefficient (Wildman–Crippen LogP) is 4.02. The topological polar surface area (TPSA) is 55.8 Å². The van der Waals surface area contributed by atoms with E-state index < -0.39 is 12.1 Å². The maximum atomic E-state index is 10.6. The molecule has 0 aromatic heterocycles. The molecule has 0 aliphatic heterocycles. The number of methoxy groups -OCH3 is 2. The number of hydrogen-bond donors (Lipinski definition) is 1. The first-order valence-electron chi connectivity index (χ1n) is 6.29. The van der Waals surface area contributed by atoms with Crippen LogP contribution in [0.15, 0.2) is 60.7 Å². The Hall–Kier alpha value is -2.70. The smallest absolute Gasteiger partial charge is 0.490 e. The van der Waals surface area contributed by atoms with Crippen LogP contribution < -0.4 is 9.47 Å². The number of carboxylic acids is 1. The van der Waals surface area contributed by atoms with Crippen molar-refractivity contribution in [2.75, 3.05) is 14.2 Å². The summed E-state index contributed by atoms with van der Waals surface area (Å²) in [6, 6.07) is 19.4. The third-order valence-electron chi connectivity index (χ3n) is 2.20. The standard InChI is InChI=1S/2C7H8O.C2HF3O2/c2*1-8-7-5-3-2-4-6-7;3-2(4,5)1(6)7/h2*2-6H,1H3;(H,6,7). The molecule has 0 bridgehead atoms. The first-order chi connectivity index (χ1) is 10.8. The number of aliphatic carboxylic acids is 1. The molecule has 0 radical (unpaired) electrons. The van der Waals surface area contributed by atoms with E-state index in [4.69, 9.17) is 19.4 Å². The van der Waals surface area contributed by atoms with Crippen molar-refractivity contribution in [1.82, 2.24) is 0 Å². The van der Waals surface area contributed by atoms with Gasteiger partial charge in [0.15, 0.2) is 0 Å². The summed E-state index contributed by atoms with van der Waals surface area (Å²) in [5.74, 6) is -0.937. The zero-order valence-corrected chi connectivity index (χ0v) is 12.6. The number of alkyl halides is 3. The van der Waals surface area contributed by atoms with Gasteiger partial charge in [-0.25, -0.2) is 4.79 Å². The van der Waals surface area contributed by atoms with Crippen molar-refractivity contribution < 1.29 is 32.5 Å². The maximum absolute atomic E-state index is 10.6. The molecular formula is C16H17F3O4. The highest BCUT2D eigenvalue weighted by Gasteiger charge is 2.38. The summed E-state index contributed by atoms with van der Waals surface area (Å²) in [5.41, 5.74) is 0. The molecule has 0 fully saturated rings. The van der Waals surface area contributed by atoms with E-state index in [9.17, 15) is 13.2 Å². The minimum atomic E-state index is -5.08. The molecule has 0 saturated heterocycles. The Morgan fingerprint density at radius 2 is 1.09 bits per heavy atom. The molecule has 0 aliphatic carbocycles. The Labute approximate surface area is 132 Å². The quantitative estimate of drug-likeness (QED) is 0.903. The van der Waals surface area contributed by atoms with Gasteiger partial charge in [-0.1, -0.05) is 36.4 Å². The van der Waals surface area contributed by atoms with E-state index in [0.717, 1.165) is 11.5 Å². The molecular weight excluding hydrogens is 313 g/mol. The van der Waals surface area contributed by atoms with E-state index in [1.54, 1.807) is 14.2 Å². The zero-order chi connectivity index (χ0) is 17.7. The van der Waals surface area contributed by atoms with Crippen LogP contribution in [0.1, 0.15) is 0 Å². The van der Waals surface area contributed by atoms with Gasteiger partial charge in [-0.2, -0.15) is 13.2 Å². The number of para-hydroxylation sites is 2. The molecule has 0 aliphatic rings. The first kappa shape index (κ1) is 20.3. The van der Waals surface area contributed by atoms with E-state index in [2.05, 4.69) is 0 Å². The number of carboxylic acid groups (broad SMARTS) is 1. The van der Waals surface area contributed by atoms with Crippen LogP contribution in [0, 0.1) is 0 Å². The van der Waals surface area contributed by atoms with Gasteiger partial charge in [0.2, 0.25) is 0 Å². The van der Waals surface area contributed by atoms with Crippen molar-refractivity contribution in [1.29, 1.82) is 0 Å². The lowest BCUT2D eigenvalue weighted by Gasteiger charge is -1.93. The summed E-state index contributed by atoms with van der Waals surface area (Å²) >= 11 is 0. The maximum Gasteiger partial charge on any atom is 0.490 e. The normalized spacial score (nSPS) is 9.43. The third-order valence-corrected chi connectivity index (χ3v) is 2.20.